The van der Waals surface area contributed by atoms with Crippen molar-refractivity contribution in [3.05, 3.63) is 66.7 Å². The fourth-order valence-electron chi connectivity index (χ4n) is 1.71. The molecule has 0 bridgehead atoms. The smallest absolute Gasteiger partial charge is 0.101 e. The van der Waals surface area contributed by atoms with E-state index in [1.165, 1.54) is 10.3 Å². The molecule has 4 heteroatoms. The summed E-state index contributed by atoms with van der Waals surface area (Å²) in [5, 5.41) is 2.22. The molecule has 0 unspecified atom stereocenters. The second kappa shape index (κ2) is 6.89. The number of aromatic nitrogens is 1. The lowest BCUT2D eigenvalue weighted by Crippen LogP contribution is -1.81. The summed E-state index contributed by atoms with van der Waals surface area (Å²) in [6.45, 7) is 0. The van der Waals surface area contributed by atoms with Crippen LogP contribution in [-0.4, -0.2) is 10.5 Å². The fraction of sp³-hybridized carbons (Fsp3) is 0. The number of rotatable bonds is 2. The van der Waals surface area contributed by atoms with Crippen molar-refractivity contribution in [1.82, 2.24) is 11.1 Å². The molecule has 1 heterocycles. The molecule has 0 aliphatic carbocycles. The van der Waals surface area contributed by atoms with Gasteiger partial charge in [-0.25, -0.2) is 4.98 Å². The molecule has 0 spiro atoms. The van der Waals surface area contributed by atoms with Crippen LogP contribution >= 0.6 is 11.8 Å². The zero-order valence-corrected chi connectivity index (χ0v) is 11.2. The lowest BCUT2D eigenvalue weighted by molar-refractivity contribution is 0.824. The number of hydrogen-bond donors (Lipinski definition) is 1. The Bertz CT molecular complexity index is 644. The number of hydrogen-bond acceptors (Lipinski definition) is 3. The molecule has 0 saturated carbocycles. The molecule has 0 saturated heterocycles. The summed E-state index contributed by atoms with van der Waals surface area (Å²) in [5.74, 6) is 0. The van der Waals surface area contributed by atoms with E-state index in [2.05, 4.69) is 35.3 Å². The van der Waals surface area contributed by atoms with Crippen LogP contribution in [0.2, 0.25) is 0 Å². The van der Waals surface area contributed by atoms with Crippen LogP contribution in [0.15, 0.2) is 76.7 Å². The monoisotopic (exact) mass is 272 g/mol. The van der Waals surface area contributed by atoms with Crippen LogP contribution in [0.4, 0.5) is 0 Å². The molecular formula is C15H16N2OS. The van der Waals surface area contributed by atoms with Crippen molar-refractivity contribution in [1.29, 1.82) is 0 Å². The molecule has 98 valence electrons. The topological polar surface area (TPSA) is 79.4 Å². The average Bonchev–Trinajstić information content (AvgIpc) is 2.40. The number of pyridine rings is 1. The van der Waals surface area contributed by atoms with Gasteiger partial charge in [-0.1, -0.05) is 54.2 Å². The third-order valence-electron chi connectivity index (χ3n) is 2.54. The van der Waals surface area contributed by atoms with E-state index in [-0.39, 0.29) is 11.6 Å². The van der Waals surface area contributed by atoms with Gasteiger partial charge in [-0.15, -0.1) is 0 Å². The van der Waals surface area contributed by atoms with E-state index in [4.69, 9.17) is 0 Å². The SMILES string of the molecule is N.O.c1ccc(Sc2ccc3ccccc3n2)cc1. The minimum atomic E-state index is 0. The Hall–Kier alpha value is -1.88. The molecule has 0 fully saturated rings. The summed E-state index contributed by atoms with van der Waals surface area (Å²) in [4.78, 5) is 5.85. The third kappa shape index (κ3) is 3.54. The maximum atomic E-state index is 4.63. The van der Waals surface area contributed by atoms with Crippen molar-refractivity contribution in [2.75, 3.05) is 0 Å². The first-order valence-corrected chi connectivity index (χ1v) is 6.32. The number of benzene rings is 2. The second-order valence-corrected chi connectivity index (χ2v) is 4.85. The van der Waals surface area contributed by atoms with Gasteiger partial charge in [0.05, 0.1) is 5.52 Å². The van der Waals surface area contributed by atoms with Gasteiger partial charge in [0.2, 0.25) is 0 Å². The van der Waals surface area contributed by atoms with E-state index in [1.54, 1.807) is 11.8 Å². The first kappa shape index (κ1) is 15.2. The second-order valence-electron chi connectivity index (χ2n) is 3.76. The highest BCUT2D eigenvalue weighted by Gasteiger charge is 1.99. The van der Waals surface area contributed by atoms with Gasteiger partial charge in [-0.05, 0) is 24.3 Å². The van der Waals surface area contributed by atoms with Crippen molar-refractivity contribution in [2.24, 2.45) is 0 Å². The van der Waals surface area contributed by atoms with Crippen LogP contribution in [0.25, 0.3) is 10.9 Å². The van der Waals surface area contributed by atoms with Gasteiger partial charge in [-0.2, -0.15) is 0 Å². The number of nitrogens with zero attached hydrogens (tertiary/aromatic N) is 1. The first-order valence-electron chi connectivity index (χ1n) is 5.50. The Kier molecular flexibility index (Phi) is 5.51. The molecule has 3 nitrogen and oxygen atoms in total. The Morgan fingerprint density at radius 3 is 2.21 bits per heavy atom. The predicted octanol–water partition coefficient (Wildman–Crippen LogP) is 3.72. The average molecular weight is 272 g/mol. The third-order valence-corrected chi connectivity index (χ3v) is 3.48. The van der Waals surface area contributed by atoms with Crippen LogP contribution in [0.3, 0.4) is 0 Å². The highest BCUT2D eigenvalue weighted by atomic mass is 32.2. The maximum Gasteiger partial charge on any atom is 0.101 e. The van der Waals surface area contributed by atoms with Gasteiger partial charge in [0, 0.05) is 10.3 Å². The van der Waals surface area contributed by atoms with E-state index in [1.807, 2.05) is 36.4 Å². The molecule has 5 N–H and O–H groups in total. The minimum Gasteiger partial charge on any atom is -0.412 e. The van der Waals surface area contributed by atoms with Crippen molar-refractivity contribution < 1.29 is 5.48 Å². The first-order chi connectivity index (χ1) is 8.42. The highest BCUT2D eigenvalue weighted by molar-refractivity contribution is 7.99. The molecular weight excluding hydrogens is 256 g/mol. The van der Waals surface area contributed by atoms with Crippen LogP contribution in [0.1, 0.15) is 0 Å². The zero-order valence-electron chi connectivity index (χ0n) is 10.4. The maximum absolute atomic E-state index is 4.63. The van der Waals surface area contributed by atoms with Crippen LogP contribution in [0.5, 0.6) is 0 Å². The lowest BCUT2D eigenvalue weighted by atomic mass is 10.2. The molecule has 3 aromatic rings. The zero-order chi connectivity index (χ0) is 11.5. The van der Waals surface area contributed by atoms with Crippen molar-refractivity contribution >= 4 is 22.7 Å². The predicted molar refractivity (Wildman–Crippen MR) is 80.9 cm³/mol. The number of fused-ring (bicyclic) bond motifs is 1. The van der Waals surface area contributed by atoms with Gasteiger partial charge in [0.25, 0.3) is 0 Å². The van der Waals surface area contributed by atoms with Crippen molar-refractivity contribution in [3.63, 3.8) is 0 Å². The van der Waals surface area contributed by atoms with E-state index in [0.717, 1.165) is 10.5 Å². The molecule has 2 aromatic carbocycles. The Morgan fingerprint density at radius 1 is 0.737 bits per heavy atom. The van der Waals surface area contributed by atoms with E-state index in [0.29, 0.717) is 0 Å². The molecule has 0 aliphatic heterocycles. The normalized spacial score (nSPS) is 9.47. The fourth-order valence-corrected chi connectivity index (χ4v) is 2.53. The van der Waals surface area contributed by atoms with Crippen LogP contribution in [-0.2, 0) is 0 Å². The van der Waals surface area contributed by atoms with Crippen molar-refractivity contribution in [2.45, 2.75) is 9.92 Å². The van der Waals surface area contributed by atoms with Crippen molar-refractivity contribution in [3.8, 4) is 0 Å². The van der Waals surface area contributed by atoms with E-state index in [9.17, 15) is 0 Å². The standard InChI is InChI=1S/C15H11NS.H3N.H2O/c1-2-7-13(8-3-1)17-15-11-10-12-6-4-5-9-14(12)16-15;;/h1-11H;1H3;1H2. The minimum absolute atomic E-state index is 0. The molecule has 0 aliphatic rings. The summed E-state index contributed by atoms with van der Waals surface area (Å²) in [6, 6.07) is 22.7. The molecule has 0 atom stereocenters. The summed E-state index contributed by atoms with van der Waals surface area (Å²) >= 11 is 1.69. The number of para-hydroxylation sites is 1. The van der Waals surface area contributed by atoms with Gasteiger partial charge in [0.1, 0.15) is 5.03 Å². The Balaban J connectivity index is 0.000000902. The van der Waals surface area contributed by atoms with Gasteiger partial charge in [0.15, 0.2) is 0 Å². The lowest BCUT2D eigenvalue weighted by Gasteiger charge is -2.02. The summed E-state index contributed by atoms with van der Waals surface area (Å²) in [7, 11) is 0. The van der Waals surface area contributed by atoms with Gasteiger partial charge in [-0.3, -0.25) is 0 Å². The molecule has 3 rings (SSSR count). The molecule has 1 aromatic heterocycles. The Labute approximate surface area is 116 Å². The quantitative estimate of drug-likeness (QED) is 0.772. The van der Waals surface area contributed by atoms with Crippen LogP contribution in [0, 0.1) is 0 Å². The molecule has 0 radical (unpaired) electrons. The van der Waals surface area contributed by atoms with Gasteiger partial charge >= 0.3 is 0 Å². The summed E-state index contributed by atoms with van der Waals surface area (Å²) in [6.07, 6.45) is 0. The summed E-state index contributed by atoms with van der Waals surface area (Å²) in [5.41, 5.74) is 1.05. The highest BCUT2D eigenvalue weighted by Crippen LogP contribution is 2.27. The Morgan fingerprint density at radius 2 is 1.42 bits per heavy atom. The van der Waals surface area contributed by atoms with Crippen LogP contribution < -0.4 is 6.15 Å². The summed E-state index contributed by atoms with van der Waals surface area (Å²) < 4.78 is 0. The molecule has 0 amide bonds. The largest absolute Gasteiger partial charge is 0.412 e. The van der Waals surface area contributed by atoms with E-state index < -0.39 is 0 Å². The van der Waals surface area contributed by atoms with E-state index >= 15 is 0 Å². The molecule has 19 heavy (non-hydrogen) atoms. The van der Waals surface area contributed by atoms with Gasteiger partial charge < -0.3 is 11.6 Å².